The normalized spacial score (nSPS) is 30.4. The molecule has 1 aliphatic heterocycles. The third-order valence-electron chi connectivity index (χ3n) is 2.95. The highest BCUT2D eigenvalue weighted by Gasteiger charge is 2.61. The first-order valence-electron chi connectivity index (χ1n) is 5.48. The second-order valence-corrected chi connectivity index (χ2v) is 5.63. The van der Waals surface area contributed by atoms with E-state index >= 15 is 0 Å². The summed E-state index contributed by atoms with van der Waals surface area (Å²) in [4.78, 5) is 11.8. The molecule has 1 aliphatic rings. The highest BCUT2D eigenvalue weighted by molar-refractivity contribution is 5.75. The number of esters is 1. The van der Waals surface area contributed by atoms with Crippen LogP contribution in [0.5, 0.6) is 0 Å². The van der Waals surface area contributed by atoms with Gasteiger partial charge in [0.1, 0.15) is 5.60 Å². The summed E-state index contributed by atoms with van der Waals surface area (Å²) in [5.74, 6) is -1.97. The molecule has 3 nitrogen and oxygen atoms in total. The minimum Gasteiger partial charge on any atom is -0.460 e. The van der Waals surface area contributed by atoms with Gasteiger partial charge in [0.2, 0.25) is 0 Å². The molecule has 0 amide bonds. The van der Waals surface area contributed by atoms with E-state index in [1.54, 1.807) is 20.8 Å². The minimum atomic E-state index is -4.42. The number of alkyl halides is 3. The fourth-order valence-corrected chi connectivity index (χ4v) is 1.84. The van der Waals surface area contributed by atoms with E-state index in [0.29, 0.717) is 0 Å². The van der Waals surface area contributed by atoms with Gasteiger partial charge < -0.3 is 10.1 Å². The van der Waals surface area contributed by atoms with Gasteiger partial charge in [0, 0.05) is 13.1 Å². The minimum absolute atomic E-state index is 0.00488. The van der Waals surface area contributed by atoms with E-state index in [-0.39, 0.29) is 13.1 Å². The van der Waals surface area contributed by atoms with E-state index in [1.807, 2.05) is 0 Å². The zero-order valence-corrected chi connectivity index (χ0v) is 10.4. The van der Waals surface area contributed by atoms with E-state index < -0.39 is 29.1 Å². The Morgan fingerprint density at radius 3 is 2.29 bits per heavy atom. The molecular weight excluding hydrogens is 235 g/mol. The maximum Gasteiger partial charge on any atom is 0.396 e. The van der Waals surface area contributed by atoms with Crippen LogP contribution < -0.4 is 5.32 Å². The number of nitrogens with one attached hydrogen (secondary N) is 1. The molecule has 0 spiro atoms. The monoisotopic (exact) mass is 253 g/mol. The van der Waals surface area contributed by atoms with Gasteiger partial charge in [0.05, 0.1) is 11.3 Å². The van der Waals surface area contributed by atoms with Crippen molar-refractivity contribution in [2.45, 2.75) is 39.5 Å². The predicted molar refractivity (Wildman–Crippen MR) is 56.4 cm³/mol. The van der Waals surface area contributed by atoms with Crippen LogP contribution in [-0.2, 0) is 9.53 Å². The summed E-state index contributed by atoms with van der Waals surface area (Å²) < 4.78 is 43.9. The Morgan fingerprint density at radius 2 is 1.88 bits per heavy atom. The number of hydrogen-bond donors (Lipinski definition) is 1. The number of rotatable bonds is 1. The molecule has 0 unspecified atom stereocenters. The van der Waals surface area contributed by atoms with Crippen LogP contribution in [0.4, 0.5) is 13.2 Å². The van der Waals surface area contributed by atoms with Gasteiger partial charge in [-0.05, 0) is 27.7 Å². The van der Waals surface area contributed by atoms with Gasteiger partial charge in [-0.1, -0.05) is 0 Å². The fourth-order valence-electron chi connectivity index (χ4n) is 1.84. The van der Waals surface area contributed by atoms with E-state index in [4.69, 9.17) is 4.74 Å². The van der Waals surface area contributed by atoms with E-state index in [2.05, 4.69) is 5.32 Å². The van der Waals surface area contributed by atoms with Crippen LogP contribution in [0.2, 0.25) is 0 Å². The number of halogens is 3. The maximum atomic E-state index is 12.9. The van der Waals surface area contributed by atoms with Crippen molar-refractivity contribution in [2.75, 3.05) is 13.1 Å². The molecule has 0 radical (unpaired) electrons. The number of carbonyl (C=O) groups is 1. The second-order valence-electron chi connectivity index (χ2n) is 5.63. The van der Waals surface area contributed by atoms with Crippen LogP contribution in [0, 0.1) is 11.3 Å². The average Bonchev–Trinajstić information content (AvgIpc) is 2.43. The summed E-state index contributed by atoms with van der Waals surface area (Å²) in [6, 6.07) is 0. The summed E-state index contributed by atoms with van der Waals surface area (Å²) in [7, 11) is 0. The van der Waals surface area contributed by atoms with Gasteiger partial charge >= 0.3 is 12.1 Å². The molecule has 17 heavy (non-hydrogen) atoms. The molecule has 0 bridgehead atoms. The van der Waals surface area contributed by atoms with Gasteiger partial charge in [-0.2, -0.15) is 13.2 Å². The second kappa shape index (κ2) is 4.15. The van der Waals surface area contributed by atoms with Crippen LogP contribution in [-0.4, -0.2) is 30.8 Å². The Bertz CT molecular complexity index is 309. The SMILES string of the molecule is CC(C)(C)OC(=O)[C@@H]1CNC[C@@]1(C)C(F)(F)F. The first-order chi connectivity index (χ1) is 7.47. The van der Waals surface area contributed by atoms with Crippen molar-refractivity contribution in [3.8, 4) is 0 Å². The molecule has 1 rings (SSSR count). The molecule has 2 atom stereocenters. The Morgan fingerprint density at radius 1 is 1.35 bits per heavy atom. The Labute approximate surface area is 98.7 Å². The molecule has 6 heteroatoms. The van der Waals surface area contributed by atoms with E-state index in [1.165, 1.54) is 0 Å². The van der Waals surface area contributed by atoms with Crippen LogP contribution >= 0.6 is 0 Å². The van der Waals surface area contributed by atoms with Gasteiger partial charge in [0.25, 0.3) is 0 Å². The third-order valence-corrected chi connectivity index (χ3v) is 2.95. The molecule has 1 fully saturated rings. The molecule has 0 aromatic carbocycles. The quantitative estimate of drug-likeness (QED) is 0.727. The van der Waals surface area contributed by atoms with Crippen molar-refractivity contribution in [1.29, 1.82) is 0 Å². The lowest BCUT2D eigenvalue weighted by molar-refractivity contribution is -0.230. The van der Waals surface area contributed by atoms with Gasteiger partial charge in [-0.3, -0.25) is 4.79 Å². The van der Waals surface area contributed by atoms with Crippen molar-refractivity contribution in [1.82, 2.24) is 5.32 Å². The number of hydrogen-bond acceptors (Lipinski definition) is 3. The van der Waals surface area contributed by atoms with Gasteiger partial charge in [-0.25, -0.2) is 0 Å². The molecule has 100 valence electrons. The van der Waals surface area contributed by atoms with Crippen molar-refractivity contribution >= 4 is 5.97 Å². The van der Waals surface area contributed by atoms with E-state index in [9.17, 15) is 18.0 Å². The molecule has 0 saturated carbocycles. The highest BCUT2D eigenvalue weighted by atomic mass is 19.4. The lowest BCUT2D eigenvalue weighted by Crippen LogP contribution is -2.46. The van der Waals surface area contributed by atoms with E-state index in [0.717, 1.165) is 6.92 Å². The largest absolute Gasteiger partial charge is 0.460 e. The standard InChI is InChI=1S/C11H18F3NO2/c1-9(2,3)17-8(16)7-5-15-6-10(7,4)11(12,13)14/h7,15H,5-6H2,1-4H3/t7-,10+/m0/s1. The third kappa shape index (κ3) is 2.91. The van der Waals surface area contributed by atoms with Crippen molar-refractivity contribution in [3.63, 3.8) is 0 Å². The lowest BCUT2D eigenvalue weighted by Gasteiger charge is -2.33. The van der Waals surface area contributed by atoms with Gasteiger partial charge in [-0.15, -0.1) is 0 Å². The molecule has 0 aromatic rings. The fraction of sp³-hybridized carbons (Fsp3) is 0.909. The topological polar surface area (TPSA) is 38.3 Å². The number of ether oxygens (including phenoxy) is 1. The maximum absolute atomic E-state index is 12.9. The first kappa shape index (κ1) is 14.3. The highest BCUT2D eigenvalue weighted by Crippen LogP contribution is 2.46. The molecule has 1 N–H and O–H groups in total. The van der Waals surface area contributed by atoms with Crippen LogP contribution in [0.15, 0.2) is 0 Å². The van der Waals surface area contributed by atoms with Crippen LogP contribution in [0.3, 0.4) is 0 Å². The first-order valence-corrected chi connectivity index (χ1v) is 5.48. The van der Waals surface area contributed by atoms with Crippen molar-refractivity contribution in [3.05, 3.63) is 0 Å². The smallest absolute Gasteiger partial charge is 0.396 e. The van der Waals surface area contributed by atoms with Crippen molar-refractivity contribution in [2.24, 2.45) is 11.3 Å². The molecule has 1 heterocycles. The zero-order valence-electron chi connectivity index (χ0n) is 10.4. The molecule has 0 aromatic heterocycles. The predicted octanol–water partition coefficient (Wildman–Crippen LogP) is 2.12. The summed E-state index contributed by atoms with van der Waals surface area (Å²) in [6.45, 7) is 5.72. The van der Waals surface area contributed by atoms with Crippen LogP contribution in [0.25, 0.3) is 0 Å². The average molecular weight is 253 g/mol. The van der Waals surface area contributed by atoms with Crippen LogP contribution in [0.1, 0.15) is 27.7 Å². The summed E-state index contributed by atoms with van der Waals surface area (Å²) in [5, 5.41) is 2.62. The summed E-state index contributed by atoms with van der Waals surface area (Å²) in [6.07, 6.45) is -4.42. The Hall–Kier alpha value is -0.780. The Balaban J connectivity index is 2.87. The summed E-state index contributed by atoms with van der Waals surface area (Å²) in [5.41, 5.74) is -2.82. The Kier molecular flexibility index (Phi) is 3.49. The van der Waals surface area contributed by atoms with Crippen molar-refractivity contribution < 1.29 is 22.7 Å². The molecule has 1 saturated heterocycles. The molecule has 0 aliphatic carbocycles. The zero-order chi connectivity index (χ0) is 13.5. The number of carbonyl (C=O) groups excluding carboxylic acids is 1. The summed E-state index contributed by atoms with van der Waals surface area (Å²) >= 11 is 0. The molecular formula is C11H18F3NO2. The van der Waals surface area contributed by atoms with Gasteiger partial charge in [0.15, 0.2) is 0 Å². The lowest BCUT2D eigenvalue weighted by atomic mass is 9.79.